The smallest absolute Gasteiger partial charge is 0.329 e. The molecule has 0 unspecified atom stereocenters. The van der Waals surface area contributed by atoms with Crippen molar-refractivity contribution < 1.29 is 13.9 Å². The van der Waals surface area contributed by atoms with Crippen LogP contribution in [0.4, 0.5) is 4.39 Å². The number of H-pyrrole nitrogens is 1. The van der Waals surface area contributed by atoms with E-state index in [4.69, 9.17) is 9.47 Å². The fourth-order valence-electron chi connectivity index (χ4n) is 3.52. The van der Waals surface area contributed by atoms with Gasteiger partial charge in [-0.05, 0) is 11.1 Å². The molecule has 2 heterocycles. The third kappa shape index (κ3) is 5.52. The Kier molecular flexibility index (Phi) is 7.01. The monoisotopic (exact) mass is 442 g/mol. The van der Waals surface area contributed by atoms with Gasteiger partial charge in [-0.25, -0.2) is 4.79 Å². The molecule has 162 valence electrons. The number of aromatic nitrogens is 2. The van der Waals surface area contributed by atoms with Crippen molar-refractivity contribution in [3.8, 4) is 0 Å². The molecule has 31 heavy (non-hydrogen) atoms. The zero-order valence-electron chi connectivity index (χ0n) is 16.8. The zero-order chi connectivity index (χ0) is 21.6. The number of nitrogens with one attached hydrogen (secondary N) is 1. The number of aromatic amines is 1. The fraction of sp³-hybridized carbons (Fsp3) is 0.304. The molecule has 1 fully saturated rings. The largest absolute Gasteiger partial charge is 0.376 e. The summed E-state index contributed by atoms with van der Waals surface area (Å²) < 4.78 is 27.1. The summed E-state index contributed by atoms with van der Waals surface area (Å²) in [4.78, 5) is 25.6. The molecule has 1 N–H and O–H groups in total. The van der Waals surface area contributed by atoms with E-state index in [0.717, 1.165) is 17.3 Å². The molecule has 0 bridgehead atoms. The highest BCUT2D eigenvalue weighted by molar-refractivity contribution is 8.00. The van der Waals surface area contributed by atoms with Gasteiger partial charge in [0.05, 0.1) is 42.7 Å². The Morgan fingerprint density at radius 1 is 1.00 bits per heavy atom. The van der Waals surface area contributed by atoms with Gasteiger partial charge in [0.25, 0.3) is 5.56 Å². The predicted molar refractivity (Wildman–Crippen MR) is 117 cm³/mol. The molecule has 3 aromatic rings. The van der Waals surface area contributed by atoms with Crippen molar-refractivity contribution in [1.82, 2.24) is 9.55 Å². The summed E-state index contributed by atoms with van der Waals surface area (Å²) in [6.07, 6.45) is 1.29. The van der Waals surface area contributed by atoms with Crippen LogP contribution in [0.3, 0.4) is 0 Å². The molecule has 4 rings (SSSR count). The van der Waals surface area contributed by atoms with E-state index in [0.29, 0.717) is 26.2 Å². The minimum atomic E-state index is -1.01. The second kappa shape index (κ2) is 10.1. The van der Waals surface area contributed by atoms with Gasteiger partial charge in [0.1, 0.15) is 0 Å². The van der Waals surface area contributed by atoms with E-state index in [1.165, 1.54) is 16.3 Å². The molecule has 8 heteroatoms. The lowest BCUT2D eigenvalue weighted by Crippen LogP contribution is -2.32. The minimum Gasteiger partial charge on any atom is -0.376 e. The van der Waals surface area contributed by atoms with Gasteiger partial charge in [-0.2, -0.15) is 4.39 Å². The molecular weight excluding hydrogens is 419 g/mol. The van der Waals surface area contributed by atoms with Crippen LogP contribution in [0.15, 0.2) is 76.4 Å². The second-order valence-electron chi connectivity index (χ2n) is 7.34. The molecule has 1 aliphatic rings. The highest BCUT2D eigenvalue weighted by Crippen LogP contribution is 2.42. The molecule has 0 saturated carbocycles. The Morgan fingerprint density at radius 3 is 2.32 bits per heavy atom. The van der Waals surface area contributed by atoms with Gasteiger partial charge >= 0.3 is 5.69 Å². The van der Waals surface area contributed by atoms with Crippen LogP contribution < -0.4 is 11.2 Å². The second-order valence-corrected chi connectivity index (χ2v) is 8.77. The lowest BCUT2D eigenvalue weighted by atomic mass is 10.1. The number of halogens is 1. The summed E-state index contributed by atoms with van der Waals surface area (Å²) in [6, 6.07) is 19.7. The van der Waals surface area contributed by atoms with Gasteiger partial charge in [-0.15, -0.1) is 11.8 Å². The Balaban J connectivity index is 1.46. The van der Waals surface area contributed by atoms with Crippen molar-refractivity contribution in [2.75, 3.05) is 6.61 Å². The van der Waals surface area contributed by atoms with Crippen molar-refractivity contribution in [3.05, 3.63) is 105 Å². The molecule has 1 aliphatic heterocycles. The van der Waals surface area contributed by atoms with Crippen LogP contribution in [0.2, 0.25) is 0 Å². The lowest BCUT2D eigenvalue weighted by Gasteiger charge is -2.19. The van der Waals surface area contributed by atoms with E-state index in [9.17, 15) is 14.0 Å². The number of benzene rings is 2. The van der Waals surface area contributed by atoms with Gasteiger partial charge in [0.15, 0.2) is 0 Å². The zero-order valence-corrected chi connectivity index (χ0v) is 17.6. The van der Waals surface area contributed by atoms with Crippen molar-refractivity contribution in [1.29, 1.82) is 0 Å². The molecule has 0 spiro atoms. The lowest BCUT2D eigenvalue weighted by molar-refractivity contribution is 0.0134. The maximum atomic E-state index is 13.8. The van der Waals surface area contributed by atoms with Crippen LogP contribution in [0.25, 0.3) is 0 Å². The third-order valence-corrected chi connectivity index (χ3v) is 6.64. The van der Waals surface area contributed by atoms with Crippen molar-refractivity contribution in [2.45, 2.75) is 36.4 Å². The summed E-state index contributed by atoms with van der Waals surface area (Å²) >= 11 is 1.50. The first-order chi connectivity index (χ1) is 15.1. The first-order valence-electron chi connectivity index (χ1n) is 10.0. The normalized spacial score (nSPS) is 20.7. The highest BCUT2D eigenvalue weighted by Gasteiger charge is 2.37. The Labute approximate surface area is 183 Å². The molecular formula is C23H23FN2O4S. The van der Waals surface area contributed by atoms with Crippen molar-refractivity contribution >= 4 is 11.8 Å². The van der Waals surface area contributed by atoms with Gasteiger partial charge in [-0.1, -0.05) is 60.7 Å². The topological polar surface area (TPSA) is 73.3 Å². The fourth-order valence-corrected chi connectivity index (χ4v) is 5.05. The molecule has 0 radical (unpaired) electrons. The number of ether oxygens (including phenoxy) is 2. The van der Waals surface area contributed by atoms with Crippen LogP contribution in [0, 0.1) is 5.82 Å². The van der Waals surface area contributed by atoms with E-state index in [1.54, 1.807) is 0 Å². The first-order valence-corrected chi connectivity index (χ1v) is 11.0. The van der Waals surface area contributed by atoms with Gasteiger partial charge in [-0.3, -0.25) is 14.3 Å². The molecule has 0 amide bonds. The quantitative estimate of drug-likeness (QED) is 0.578. The van der Waals surface area contributed by atoms with Crippen LogP contribution in [-0.4, -0.2) is 27.5 Å². The average Bonchev–Trinajstić information content (AvgIpc) is 3.19. The standard InChI is InChI=1S/C23H23FN2O4S/c24-18-12-26(23(28)25-22(18)27)21-11-19(30-14-17-9-5-2-6-10-17)20(31-21)15-29-13-16-7-3-1-4-8-16/h1-10,12,19-21H,11,13-15H2,(H,25,27,28)/t19-,20+,21+/m0/s1. The summed E-state index contributed by atoms with van der Waals surface area (Å²) in [5, 5.41) is -0.399. The summed E-state index contributed by atoms with van der Waals surface area (Å²) in [5.41, 5.74) is 0.482. The molecule has 2 aromatic carbocycles. The summed E-state index contributed by atoms with van der Waals surface area (Å²) in [6.45, 7) is 1.33. The molecule has 1 aromatic heterocycles. The van der Waals surface area contributed by atoms with E-state index in [2.05, 4.69) is 0 Å². The summed E-state index contributed by atoms with van der Waals surface area (Å²) in [7, 11) is 0. The SMILES string of the molecule is O=c1[nH]c(=O)n([C@H]2C[C@H](OCc3ccccc3)[C@@H](COCc3ccccc3)S2)cc1F. The molecule has 1 saturated heterocycles. The predicted octanol–water partition coefficient (Wildman–Crippen LogP) is 3.48. The Morgan fingerprint density at radius 2 is 1.65 bits per heavy atom. The van der Waals surface area contributed by atoms with E-state index in [1.807, 2.05) is 65.6 Å². The highest BCUT2D eigenvalue weighted by atomic mass is 32.2. The van der Waals surface area contributed by atoms with Crippen LogP contribution in [0.5, 0.6) is 0 Å². The molecule has 0 aliphatic carbocycles. The van der Waals surface area contributed by atoms with Crippen LogP contribution in [-0.2, 0) is 22.7 Å². The van der Waals surface area contributed by atoms with Gasteiger partial charge < -0.3 is 9.47 Å². The Bertz CT molecular complexity index is 1100. The number of thioether (sulfide) groups is 1. The number of hydrogen-bond acceptors (Lipinski definition) is 5. The van der Waals surface area contributed by atoms with Crippen LogP contribution in [0.1, 0.15) is 22.9 Å². The van der Waals surface area contributed by atoms with Gasteiger partial charge in [0, 0.05) is 6.42 Å². The Hall–Kier alpha value is -2.68. The molecule has 3 atom stereocenters. The van der Waals surface area contributed by atoms with Gasteiger partial charge in [0.2, 0.25) is 5.82 Å². The van der Waals surface area contributed by atoms with Crippen LogP contribution >= 0.6 is 11.8 Å². The van der Waals surface area contributed by atoms with E-state index < -0.39 is 17.1 Å². The van der Waals surface area contributed by atoms with Crippen molar-refractivity contribution in [3.63, 3.8) is 0 Å². The average molecular weight is 443 g/mol. The molecule has 6 nitrogen and oxygen atoms in total. The maximum Gasteiger partial charge on any atom is 0.329 e. The summed E-state index contributed by atoms with van der Waals surface area (Å²) in [5.74, 6) is -0.981. The number of nitrogens with zero attached hydrogens (tertiary/aromatic N) is 1. The number of rotatable bonds is 8. The van der Waals surface area contributed by atoms with E-state index in [-0.39, 0.29) is 16.7 Å². The first kappa shape index (κ1) is 21.5. The van der Waals surface area contributed by atoms with Crippen molar-refractivity contribution in [2.24, 2.45) is 0 Å². The maximum absolute atomic E-state index is 13.8. The minimum absolute atomic E-state index is 0.0423. The third-order valence-electron chi connectivity index (χ3n) is 5.12. The van der Waals surface area contributed by atoms with E-state index >= 15 is 0 Å². The number of hydrogen-bond donors (Lipinski definition) is 1.